The van der Waals surface area contributed by atoms with Crippen LogP contribution in [-0.4, -0.2) is 29.8 Å². The molecule has 21 heavy (non-hydrogen) atoms. The van der Waals surface area contributed by atoms with Gasteiger partial charge in [0.15, 0.2) is 0 Å². The van der Waals surface area contributed by atoms with Gasteiger partial charge in [0.05, 0.1) is 6.54 Å². The molecule has 0 spiro atoms. The van der Waals surface area contributed by atoms with E-state index in [-0.39, 0.29) is 18.4 Å². The SMILES string of the molecule is CC(=O)N(CCC(C)C)CC(=O)NCc1ccccc1Cl. The first-order valence-electron chi connectivity index (χ1n) is 7.15. The van der Waals surface area contributed by atoms with Crippen molar-refractivity contribution >= 4 is 23.4 Å². The molecule has 1 N–H and O–H groups in total. The lowest BCUT2D eigenvalue weighted by molar-refractivity contribution is -0.134. The first-order chi connectivity index (χ1) is 9.90. The van der Waals surface area contributed by atoms with Crippen molar-refractivity contribution in [3.8, 4) is 0 Å². The molecule has 4 nitrogen and oxygen atoms in total. The summed E-state index contributed by atoms with van der Waals surface area (Å²) >= 11 is 6.03. The Bertz CT molecular complexity index is 489. The lowest BCUT2D eigenvalue weighted by Gasteiger charge is -2.21. The van der Waals surface area contributed by atoms with E-state index in [9.17, 15) is 9.59 Å². The average molecular weight is 311 g/mol. The first kappa shape index (κ1) is 17.5. The largest absolute Gasteiger partial charge is 0.350 e. The van der Waals surface area contributed by atoms with Crippen molar-refractivity contribution in [2.45, 2.75) is 33.7 Å². The second kappa shape index (κ2) is 8.67. The molecule has 0 heterocycles. The summed E-state index contributed by atoms with van der Waals surface area (Å²) in [5.74, 6) is 0.246. The van der Waals surface area contributed by atoms with Gasteiger partial charge in [0.2, 0.25) is 11.8 Å². The summed E-state index contributed by atoms with van der Waals surface area (Å²) in [6.45, 7) is 6.74. The average Bonchev–Trinajstić information content (AvgIpc) is 2.42. The van der Waals surface area contributed by atoms with Crippen molar-refractivity contribution in [1.82, 2.24) is 10.2 Å². The molecule has 0 atom stereocenters. The number of carbonyl (C=O) groups excluding carboxylic acids is 2. The number of nitrogens with zero attached hydrogens (tertiary/aromatic N) is 1. The third kappa shape index (κ3) is 6.63. The minimum absolute atomic E-state index is 0.0801. The van der Waals surface area contributed by atoms with Crippen LogP contribution >= 0.6 is 11.6 Å². The molecular formula is C16H23ClN2O2. The molecule has 1 aromatic carbocycles. The van der Waals surface area contributed by atoms with E-state index in [1.54, 1.807) is 11.0 Å². The predicted molar refractivity (Wildman–Crippen MR) is 85.0 cm³/mol. The zero-order valence-electron chi connectivity index (χ0n) is 12.9. The normalized spacial score (nSPS) is 10.5. The van der Waals surface area contributed by atoms with E-state index in [0.29, 0.717) is 24.0 Å². The number of benzene rings is 1. The van der Waals surface area contributed by atoms with Crippen LogP contribution in [0.3, 0.4) is 0 Å². The summed E-state index contributed by atoms with van der Waals surface area (Å²) in [5, 5.41) is 3.42. The van der Waals surface area contributed by atoms with E-state index in [0.717, 1.165) is 12.0 Å². The maximum Gasteiger partial charge on any atom is 0.239 e. The van der Waals surface area contributed by atoms with E-state index < -0.39 is 0 Å². The van der Waals surface area contributed by atoms with E-state index in [4.69, 9.17) is 11.6 Å². The van der Waals surface area contributed by atoms with Crippen LogP contribution < -0.4 is 5.32 Å². The van der Waals surface area contributed by atoms with Crippen LogP contribution in [0.2, 0.25) is 5.02 Å². The Balaban J connectivity index is 2.47. The van der Waals surface area contributed by atoms with Crippen LogP contribution in [0.25, 0.3) is 0 Å². The molecule has 0 saturated heterocycles. The molecule has 0 aliphatic rings. The molecule has 0 saturated carbocycles. The summed E-state index contributed by atoms with van der Waals surface area (Å²) in [7, 11) is 0. The Hall–Kier alpha value is -1.55. The molecule has 0 unspecified atom stereocenters. The lowest BCUT2D eigenvalue weighted by Crippen LogP contribution is -2.40. The Kier molecular flexibility index (Phi) is 7.23. The van der Waals surface area contributed by atoms with Gasteiger partial charge in [-0.25, -0.2) is 0 Å². The quantitative estimate of drug-likeness (QED) is 0.842. The molecule has 116 valence electrons. The topological polar surface area (TPSA) is 49.4 Å². The lowest BCUT2D eigenvalue weighted by atomic mass is 10.1. The van der Waals surface area contributed by atoms with Crippen molar-refractivity contribution in [3.63, 3.8) is 0 Å². The highest BCUT2D eigenvalue weighted by Crippen LogP contribution is 2.14. The highest BCUT2D eigenvalue weighted by molar-refractivity contribution is 6.31. The third-order valence-electron chi connectivity index (χ3n) is 3.19. The highest BCUT2D eigenvalue weighted by atomic mass is 35.5. The van der Waals surface area contributed by atoms with Crippen LogP contribution in [0.15, 0.2) is 24.3 Å². The molecular weight excluding hydrogens is 288 g/mol. The Labute approximate surface area is 131 Å². The van der Waals surface area contributed by atoms with E-state index in [1.807, 2.05) is 18.2 Å². The predicted octanol–water partition coefficient (Wildman–Crippen LogP) is 2.85. The maximum atomic E-state index is 11.9. The van der Waals surface area contributed by atoms with Gasteiger partial charge in [0, 0.05) is 25.0 Å². The van der Waals surface area contributed by atoms with E-state index in [2.05, 4.69) is 19.2 Å². The molecule has 1 aromatic rings. The molecule has 0 aliphatic heterocycles. The molecule has 5 heteroatoms. The van der Waals surface area contributed by atoms with Gasteiger partial charge in [0.1, 0.15) is 0 Å². The minimum atomic E-state index is -0.172. The number of halogens is 1. The van der Waals surface area contributed by atoms with Gasteiger partial charge in [-0.3, -0.25) is 9.59 Å². The summed E-state index contributed by atoms with van der Waals surface area (Å²) < 4.78 is 0. The van der Waals surface area contributed by atoms with Gasteiger partial charge in [0.25, 0.3) is 0 Å². The molecule has 2 amide bonds. The van der Waals surface area contributed by atoms with E-state index in [1.165, 1.54) is 6.92 Å². The van der Waals surface area contributed by atoms with Gasteiger partial charge >= 0.3 is 0 Å². The second-order valence-electron chi connectivity index (χ2n) is 5.49. The fourth-order valence-corrected chi connectivity index (χ4v) is 2.03. The van der Waals surface area contributed by atoms with Crippen molar-refractivity contribution in [2.75, 3.05) is 13.1 Å². The molecule has 0 aliphatic carbocycles. The van der Waals surface area contributed by atoms with Gasteiger partial charge in [-0.2, -0.15) is 0 Å². The van der Waals surface area contributed by atoms with Gasteiger partial charge < -0.3 is 10.2 Å². The van der Waals surface area contributed by atoms with E-state index >= 15 is 0 Å². The molecule has 0 fully saturated rings. The zero-order chi connectivity index (χ0) is 15.8. The molecule has 0 bridgehead atoms. The standard InChI is InChI=1S/C16H23ClN2O2/c1-12(2)8-9-19(13(3)20)11-16(21)18-10-14-6-4-5-7-15(14)17/h4-7,12H,8-11H2,1-3H3,(H,18,21). The fourth-order valence-electron chi connectivity index (χ4n) is 1.83. The monoisotopic (exact) mass is 310 g/mol. The number of nitrogens with one attached hydrogen (secondary N) is 1. The fraction of sp³-hybridized carbons (Fsp3) is 0.500. The third-order valence-corrected chi connectivity index (χ3v) is 3.56. The number of hydrogen-bond donors (Lipinski definition) is 1. The Morgan fingerprint density at radius 1 is 1.29 bits per heavy atom. The summed E-state index contributed by atoms with van der Waals surface area (Å²) in [6.07, 6.45) is 0.886. The van der Waals surface area contributed by atoms with Gasteiger partial charge in [-0.05, 0) is 24.0 Å². The van der Waals surface area contributed by atoms with Crippen LogP contribution in [0, 0.1) is 5.92 Å². The second-order valence-corrected chi connectivity index (χ2v) is 5.90. The summed E-state index contributed by atoms with van der Waals surface area (Å²) in [4.78, 5) is 25.1. The Morgan fingerprint density at radius 2 is 1.95 bits per heavy atom. The number of rotatable bonds is 7. The van der Waals surface area contributed by atoms with Crippen molar-refractivity contribution in [1.29, 1.82) is 0 Å². The van der Waals surface area contributed by atoms with Crippen LogP contribution in [0.5, 0.6) is 0 Å². The van der Waals surface area contributed by atoms with Crippen LogP contribution in [-0.2, 0) is 16.1 Å². The maximum absolute atomic E-state index is 11.9. The van der Waals surface area contributed by atoms with Crippen molar-refractivity contribution < 1.29 is 9.59 Å². The number of carbonyl (C=O) groups is 2. The summed E-state index contributed by atoms with van der Waals surface area (Å²) in [5.41, 5.74) is 0.865. The minimum Gasteiger partial charge on any atom is -0.350 e. The smallest absolute Gasteiger partial charge is 0.239 e. The number of hydrogen-bond acceptors (Lipinski definition) is 2. The van der Waals surface area contributed by atoms with Gasteiger partial charge in [-0.1, -0.05) is 43.6 Å². The molecule has 1 rings (SSSR count). The first-order valence-corrected chi connectivity index (χ1v) is 7.53. The summed E-state index contributed by atoms with van der Waals surface area (Å²) in [6, 6.07) is 7.37. The molecule has 0 aromatic heterocycles. The van der Waals surface area contributed by atoms with Crippen LogP contribution in [0.1, 0.15) is 32.8 Å². The highest BCUT2D eigenvalue weighted by Gasteiger charge is 2.14. The van der Waals surface area contributed by atoms with Crippen molar-refractivity contribution in [2.24, 2.45) is 5.92 Å². The van der Waals surface area contributed by atoms with Crippen LogP contribution in [0.4, 0.5) is 0 Å². The van der Waals surface area contributed by atoms with Crippen molar-refractivity contribution in [3.05, 3.63) is 34.9 Å². The zero-order valence-corrected chi connectivity index (χ0v) is 13.6. The Morgan fingerprint density at radius 3 is 2.52 bits per heavy atom. The van der Waals surface area contributed by atoms with Gasteiger partial charge in [-0.15, -0.1) is 0 Å². The number of amides is 2. The molecule has 0 radical (unpaired) electrons.